The summed E-state index contributed by atoms with van der Waals surface area (Å²) >= 11 is 1.83. The second-order valence-corrected chi connectivity index (χ2v) is 5.81. The third kappa shape index (κ3) is 4.67. The van der Waals surface area contributed by atoms with Crippen LogP contribution >= 0.6 is 11.8 Å². The number of anilines is 2. The van der Waals surface area contributed by atoms with E-state index in [0.717, 1.165) is 17.9 Å². The number of hydrogen-bond acceptors (Lipinski definition) is 4. The first kappa shape index (κ1) is 15.7. The van der Waals surface area contributed by atoms with Crippen LogP contribution in [-0.4, -0.2) is 43.0 Å². The van der Waals surface area contributed by atoms with E-state index in [9.17, 15) is 4.79 Å². The van der Waals surface area contributed by atoms with Gasteiger partial charge >= 0.3 is 0 Å². The summed E-state index contributed by atoms with van der Waals surface area (Å²) in [5.41, 5.74) is 8.12. The van der Waals surface area contributed by atoms with Crippen LogP contribution < -0.4 is 11.1 Å². The SMILES string of the molecule is CSCCC(C)Nc1ccc(C(=O)N(C)C)cc1N. The number of rotatable bonds is 6. The van der Waals surface area contributed by atoms with E-state index in [2.05, 4.69) is 18.5 Å². The predicted octanol–water partition coefficient (Wildman–Crippen LogP) is 2.52. The van der Waals surface area contributed by atoms with E-state index in [0.29, 0.717) is 17.3 Å². The molecule has 0 aliphatic rings. The number of nitrogens with zero attached hydrogens (tertiary/aromatic N) is 1. The zero-order valence-electron chi connectivity index (χ0n) is 12.1. The lowest BCUT2D eigenvalue weighted by atomic mass is 10.1. The lowest BCUT2D eigenvalue weighted by Gasteiger charge is -2.17. The minimum absolute atomic E-state index is 0.0336. The molecule has 0 heterocycles. The van der Waals surface area contributed by atoms with Gasteiger partial charge in [-0.25, -0.2) is 0 Å². The number of carbonyl (C=O) groups is 1. The zero-order valence-corrected chi connectivity index (χ0v) is 12.9. The van der Waals surface area contributed by atoms with Crippen molar-refractivity contribution in [2.75, 3.05) is 37.2 Å². The summed E-state index contributed by atoms with van der Waals surface area (Å²) < 4.78 is 0. The molecular formula is C14H23N3OS. The molecular weight excluding hydrogens is 258 g/mol. The smallest absolute Gasteiger partial charge is 0.253 e. The first-order valence-corrected chi connectivity index (χ1v) is 7.71. The summed E-state index contributed by atoms with van der Waals surface area (Å²) in [6, 6.07) is 5.78. The second-order valence-electron chi connectivity index (χ2n) is 4.83. The van der Waals surface area contributed by atoms with Gasteiger partial charge in [-0.2, -0.15) is 11.8 Å². The molecule has 3 N–H and O–H groups in total. The molecule has 1 aromatic carbocycles. The Morgan fingerprint density at radius 1 is 1.47 bits per heavy atom. The van der Waals surface area contributed by atoms with Crippen LogP contribution in [0.4, 0.5) is 11.4 Å². The molecule has 1 aromatic rings. The molecule has 0 aliphatic heterocycles. The number of nitrogen functional groups attached to an aromatic ring is 1. The third-order valence-electron chi connectivity index (χ3n) is 2.86. The molecule has 4 nitrogen and oxygen atoms in total. The molecule has 19 heavy (non-hydrogen) atoms. The molecule has 0 saturated carbocycles. The fourth-order valence-corrected chi connectivity index (χ4v) is 2.31. The first-order valence-electron chi connectivity index (χ1n) is 6.32. The number of amides is 1. The van der Waals surface area contributed by atoms with Gasteiger partial charge in [0.2, 0.25) is 0 Å². The van der Waals surface area contributed by atoms with Crippen molar-refractivity contribution < 1.29 is 4.79 Å². The molecule has 0 bridgehead atoms. The van der Waals surface area contributed by atoms with Crippen molar-refractivity contribution in [1.29, 1.82) is 0 Å². The van der Waals surface area contributed by atoms with Gasteiger partial charge < -0.3 is 16.0 Å². The minimum Gasteiger partial charge on any atom is -0.397 e. The van der Waals surface area contributed by atoms with E-state index < -0.39 is 0 Å². The summed E-state index contributed by atoms with van der Waals surface area (Å²) in [5.74, 6) is 1.08. The lowest BCUT2D eigenvalue weighted by molar-refractivity contribution is 0.0827. The average Bonchev–Trinajstić information content (AvgIpc) is 2.37. The van der Waals surface area contributed by atoms with Gasteiger partial charge in [-0.3, -0.25) is 4.79 Å². The Kier molecular flexibility index (Phi) is 6.02. The van der Waals surface area contributed by atoms with Crippen LogP contribution in [0.25, 0.3) is 0 Å². The summed E-state index contributed by atoms with van der Waals surface area (Å²) in [7, 11) is 3.46. The molecule has 0 radical (unpaired) electrons. The topological polar surface area (TPSA) is 58.4 Å². The van der Waals surface area contributed by atoms with E-state index in [1.807, 2.05) is 23.9 Å². The van der Waals surface area contributed by atoms with Crippen molar-refractivity contribution in [1.82, 2.24) is 4.90 Å². The second kappa shape index (κ2) is 7.28. The lowest BCUT2D eigenvalue weighted by Crippen LogP contribution is -2.22. The van der Waals surface area contributed by atoms with Crippen LogP contribution in [0.2, 0.25) is 0 Å². The molecule has 0 fully saturated rings. The Morgan fingerprint density at radius 2 is 2.16 bits per heavy atom. The van der Waals surface area contributed by atoms with Gasteiger partial charge in [0.25, 0.3) is 5.91 Å². The maximum atomic E-state index is 11.8. The van der Waals surface area contributed by atoms with Gasteiger partial charge in [-0.05, 0) is 43.6 Å². The minimum atomic E-state index is -0.0336. The highest BCUT2D eigenvalue weighted by atomic mass is 32.2. The largest absolute Gasteiger partial charge is 0.397 e. The van der Waals surface area contributed by atoms with Crippen molar-refractivity contribution in [2.45, 2.75) is 19.4 Å². The van der Waals surface area contributed by atoms with Crippen molar-refractivity contribution in [2.24, 2.45) is 0 Å². The molecule has 0 spiro atoms. The van der Waals surface area contributed by atoms with Gasteiger partial charge in [-0.15, -0.1) is 0 Å². The third-order valence-corrected chi connectivity index (χ3v) is 3.51. The summed E-state index contributed by atoms with van der Waals surface area (Å²) in [6.07, 6.45) is 3.18. The Morgan fingerprint density at radius 3 is 2.68 bits per heavy atom. The number of nitrogens with two attached hydrogens (primary N) is 1. The molecule has 1 atom stereocenters. The molecule has 0 aliphatic carbocycles. The van der Waals surface area contributed by atoms with E-state index in [4.69, 9.17) is 5.73 Å². The fourth-order valence-electron chi connectivity index (χ4n) is 1.72. The van der Waals surface area contributed by atoms with Gasteiger partial charge in [-0.1, -0.05) is 0 Å². The Labute approximate surface area is 119 Å². The summed E-state index contributed by atoms with van der Waals surface area (Å²) in [6.45, 7) is 2.13. The van der Waals surface area contributed by atoms with E-state index in [-0.39, 0.29) is 5.91 Å². The normalized spacial score (nSPS) is 12.0. The van der Waals surface area contributed by atoms with E-state index in [1.165, 1.54) is 0 Å². The highest BCUT2D eigenvalue weighted by molar-refractivity contribution is 7.98. The quantitative estimate of drug-likeness (QED) is 0.787. The number of thioether (sulfide) groups is 1. The standard InChI is InChI=1S/C14H23N3OS/c1-10(7-8-19-4)16-13-6-5-11(9-12(13)15)14(18)17(2)3/h5-6,9-10,16H,7-8,15H2,1-4H3. The Bertz CT molecular complexity index is 435. The number of hydrogen-bond donors (Lipinski definition) is 2. The Balaban J connectivity index is 2.75. The van der Waals surface area contributed by atoms with Crippen molar-refractivity contribution in [3.8, 4) is 0 Å². The van der Waals surface area contributed by atoms with Crippen LogP contribution in [0.5, 0.6) is 0 Å². The first-order chi connectivity index (χ1) is 8.95. The van der Waals surface area contributed by atoms with Gasteiger partial charge in [0.15, 0.2) is 0 Å². The van der Waals surface area contributed by atoms with Crippen LogP contribution in [-0.2, 0) is 0 Å². The van der Waals surface area contributed by atoms with Crippen molar-refractivity contribution in [3.05, 3.63) is 23.8 Å². The maximum Gasteiger partial charge on any atom is 0.253 e. The summed E-state index contributed by atoms with van der Waals surface area (Å²) in [5, 5.41) is 3.38. The average molecular weight is 281 g/mol. The molecule has 5 heteroatoms. The molecule has 0 aromatic heterocycles. The molecule has 0 saturated heterocycles. The number of nitrogens with one attached hydrogen (secondary N) is 1. The predicted molar refractivity (Wildman–Crippen MR) is 85.0 cm³/mol. The summed E-state index contributed by atoms with van der Waals surface area (Å²) in [4.78, 5) is 13.4. The van der Waals surface area contributed by atoms with E-state index in [1.54, 1.807) is 25.1 Å². The molecule has 1 amide bonds. The van der Waals surface area contributed by atoms with Crippen LogP contribution in [0.1, 0.15) is 23.7 Å². The maximum absolute atomic E-state index is 11.8. The highest BCUT2D eigenvalue weighted by Crippen LogP contribution is 2.22. The zero-order chi connectivity index (χ0) is 14.4. The van der Waals surface area contributed by atoms with Gasteiger partial charge in [0.05, 0.1) is 11.4 Å². The van der Waals surface area contributed by atoms with Gasteiger partial charge in [0.1, 0.15) is 0 Å². The van der Waals surface area contributed by atoms with Crippen LogP contribution in [0.15, 0.2) is 18.2 Å². The Hall–Kier alpha value is -1.36. The van der Waals surface area contributed by atoms with Crippen LogP contribution in [0, 0.1) is 0 Å². The van der Waals surface area contributed by atoms with Crippen molar-refractivity contribution >= 4 is 29.0 Å². The molecule has 1 unspecified atom stereocenters. The van der Waals surface area contributed by atoms with E-state index >= 15 is 0 Å². The van der Waals surface area contributed by atoms with Crippen LogP contribution in [0.3, 0.4) is 0 Å². The van der Waals surface area contributed by atoms with Crippen molar-refractivity contribution in [3.63, 3.8) is 0 Å². The van der Waals surface area contributed by atoms with Gasteiger partial charge in [0, 0.05) is 25.7 Å². The molecule has 1 rings (SSSR count). The number of benzene rings is 1. The number of carbonyl (C=O) groups excluding carboxylic acids is 1. The fraction of sp³-hybridized carbons (Fsp3) is 0.500. The highest BCUT2D eigenvalue weighted by Gasteiger charge is 2.11. The monoisotopic (exact) mass is 281 g/mol. The molecule has 106 valence electrons.